The number of hydrogen-bond acceptors (Lipinski definition) is 4. The van der Waals surface area contributed by atoms with Crippen LogP contribution < -0.4 is 10.5 Å². The predicted octanol–water partition coefficient (Wildman–Crippen LogP) is 3.52. The van der Waals surface area contributed by atoms with Gasteiger partial charge in [0.2, 0.25) is 0 Å². The standard InChI is InChI=1S/C15H13F2NO3/c1-2-20-15(19)11-8-10(18)4-6-13(11)21-14-7-9(16)3-5-12(14)17/h3-8H,2,18H2,1H3. The van der Waals surface area contributed by atoms with Crippen molar-refractivity contribution in [3.8, 4) is 11.5 Å². The van der Waals surface area contributed by atoms with Crippen LogP contribution in [0.1, 0.15) is 17.3 Å². The van der Waals surface area contributed by atoms with Crippen molar-refractivity contribution in [1.29, 1.82) is 0 Å². The van der Waals surface area contributed by atoms with Gasteiger partial charge in [-0.15, -0.1) is 0 Å². The van der Waals surface area contributed by atoms with Crippen LogP contribution in [0.3, 0.4) is 0 Å². The molecule has 0 aliphatic heterocycles. The molecule has 0 unspecified atom stereocenters. The molecule has 2 rings (SSSR count). The van der Waals surface area contributed by atoms with Crippen molar-refractivity contribution in [2.24, 2.45) is 0 Å². The van der Waals surface area contributed by atoms with Crippen molar-refractivity contribution < 1.29 is 23.0 Å². The number of benzene rings is 2. The van der Waals surface area contributed by atoms with E-state index >= 15 is 0 Å². The largest absolute Gasteiger partial charge is 0.462 e. The number of hydrogen-bond donors (Lipinski definition) is 1. The third-order valence-electron chi connectivity index (χ3n) is 2.61. The molecule has 0 aliphatic rings. The second kappa shape index (κ2) is 6.21. The Morgan fingerprint density at radius 3 is 2.62 bits per heavy atom. The van der Waals surface area contributed by atoms with Gasteiger partial charge >= 0.3 is 5.97 Å². The Morgan fingerprint density at radius 2 is 1.90 bits per heavy atom. The van der Waals surface area contributed by atoms with E-state index in [4.69, 9.17) is 15.2 Å². The Bertz CT molecular complexity index is 674. The first kappa shape index (κ1) is 14.8. The van der Waals surface area contributed by atoms with Crippen molar-refractivity contribution in [3.05, 3.63) is 53.6 Å². The lowest BCUT2D eigenvalue weighted by molar-refractivity contribution is 0.0523. The fraction of sp³-hybridized carbons (Fsp3) is 0.133. The van der Waals surface area contributed by atoms with E-state index in [0.29, 0.717) is 5.69 Å². The van der Waals surface area contributed by atoms with E-state index in [1.807, 2.05) is 0 Å². The van der Waals surface area contributed by atoms with Crippen LogP contribution in [0.5, 0.6) is 11.5 Å². The van der Waals surface area contributed by atoms with Crippen molar-refractivity contribution in [2.45, 2.75) is 6.92 Å². The van der Waals surface area contributed by atoms with Gasteiger partial charge in [0.25, 0.3) is 0 Å². The zero-order valence-corrected chi connectivity index (χ0v) is 11.2. The number of carbonyl (C=O) groups excluding carboxylic acids is 1. The summed E-state index contributed by atoms with van der Waals surface area (Å²) in [5.74, 6) is -2.35. The zero-order valence-electron chi connectivity index (χ0n) is 11.2. The maximum atomic E-state index is 13.6. The SMILES string of the molecule is CCOC(=O)c1cc(N)ccc1Oc1cc(F)ccc1F. The van der Waals surface area contributed by atoms with E-state index in [9.17, 15) is 13.6 Å². The average Bonchev–Trinajstić information content (AvgIpc) is 2.45. The smallest absolute Gasteiger partial charge is 0.342 e. The first-order valence-electron chi connectivity index (χ1n) is 6.20. The highest BCUT2D eigenvalue weighted by Crippen LogP contribution is 2.30. The third kappa shape index (κ3) is 3.47. The fourth-order valence-corrected chi connectivity index (χ4v) is 1.68. The first-order valence-corrected chi connectivity index (χ1v) is 6.20. The highest BCUT2D eigenvalue weighted by atomic mass is 19.1. The maximum absolute atomic E-state index is 13.6. The topological polar surface area (TPSA) is 61.5 Å². The Morgan fingerprint density at radius 1 is 1.14 bits per heavy atom. The Kier molecular flexibility index (Phi) is 4.37. The molecule has 0 bridgehead atoms. The van der Waals surface area contributed by atoms with E-state index in [1.54, 1.807) is 6.92 Å². The quantitative estimate of drug-likeness (QED) is 0.692. The Balaban J connectivity index is 2.39. The summed E-state index contributed by atoms with van der Waals surface area (Å²) < 4.78 is 36.9. The van der Waals surface area contributed by atoms with Gasteiger partial charge in [-0.25, -0.2) is 13.6 Å². The second-order valence-corrected chi connectivity index (χ2v) is 4.15. The van der Waals surface area contributed by atoms with E-state index in [0.717, 1.165) is 18.2 Å². The number of ether oxygens (including phenoxy) is 2. The van der Waals surface area contributed by atoms with Crippen LogP contribution in [0.15, 0.2) is 36.4 Å². The van der Waals surface area contributed by atoms with Gasteiger partial charge in [0, 0.05) is 11.8 Å². The summed E-state index contributed by atoms with van der Waals surface area (Å²) in [6.07, 6.45) is 0. The lowest BCUT2D eigenvalue weighted by Crippen LogP contribution is -2.07. The van der Waals surface area contributed by atoms with Gasteiger partial charge in [-0.05, 0) is 37.3 Å². The molecule has 0 atom stereocenters. The van der Waals surface area contributed by atoms with Crippen LogP contribution in [0, 0.1) is 11.6 Å². The van der Waals surface area contributed by atoms with Crippen molar-refractivity contribution in [2.75, 3.05) is 12.3 Å². The summed E-state index contributed by atoms with van der Waals surface area (Å²) in [6, 6.07) is 7.02. The summed E-state index contributed by atoms with van der Waals surface area (Å²) in [5, 5.41) is 0. The molecule has 4 nitrogen and oxygen atoms in total. The maximum Gasteiger partial charge on any atom is 0.342 e. The third-order valence-corrected chi connectivity index (χ3v) is 2.61. The number of nitrogens with two attached hydrogens (primary N) is 1. The van der Waals surface area contributed by atoms with Crippen molar-refractivity contribution in [3.63, 3.8) is 0 Å². The number of esters is 1. The number of rotatable bonds is 4. The number of carbonyl (C=O) groups is 1. The number of anilines is 1. The summed E-state index contributed by atoms with van der Waals surface area (Å²) in [6.45, 7) is 1.82. The predicted molar refractivity (Wildman–Crippen MR) is 73.2 cm³/mol. The normalized spacial score (nSPS) is 10.2. The van der Waals surface area contributed by atoms with Gasteiger partial charge in [0.15, 0.2) is 11.6 Å². The summed E-state index contributed by atoms with van der Waals surface area (Å²) in [7, 11) is 0. The fourth-order valence-electron chi connectivity index (χ4n) is 1.68. The molecule has 0 spiro atoms. The molecule has 6 heteroatoms. The van der Waals surface area contributed by atoms with Gasteiger partial charge in [-0.1, -0.05) is 0 Å². The lowest BCUT2D eigenvalue weighted by atomic mass is 10.2. The van der Waals surface area contributed by atoms with E-state index in [-0.39, 0.29) is 23.7 Å². The lowest BCUT2D eigenvalue weighted by Gasteiger charge is -2.12. The molecule has 2 aromatic carbocycles. The van der Waals surface area contributed by atoms with Crippen LogP contribution in [0.2, 0.25) is 0 Å². The number of halogens is 2. The highest BCUT2D eigenvalue weighted by Gasteiger charge is 2.16. The highest BCUT2D eigenvalue weighted by molar-refractivity contribution is 5.93. The van der Waals surface area contributed by atoms with Crippen molar-refractivity contribution in [1.82, 2.24) is 0 Å². The summed E-state index contributed by atoms with van der Waals surface area (Å²) >= 11 is 0. The molecule has 110 valence electrons. The van der Waals surface area contributed by atoms with E-state index in [2.05, 4.69) is 0 Å². The minimum Gasteiger partial charge on any atom is -0.462 e. The van der Waals surface area contributed by atoms with E-state index < -0.39 is 17.6 Å². The molecule has 21 heavy (non-hydrogen) atoms. The van der Waals surface area contributed by atoms with Gasteiger partial charge in [-0.2, -0.15) is 0 Å². The Labute approximate surface area is 120 Å². The summed E-state index contributed by atoms with van der Waals surface area (Å²) in [5.41, 5.74) is 5.98. The molecular weight excluding hydrogens is 280 g/mol. The number of nitrogen functional groups attached to an aromatic ring is 1. The van der Waals surface area contributed by atoms with Crippen LogP contribution >= 0.6 is 0 Å². The second-order valence-electron chi connectivity index (χ2n) is 4.15. The Hall–Kier alpha value is -2.63. The first-order chi connectivity index (χ1) is 10.0. The summed E-state index contributed by atoms with van der Waals surface area (Å²) in [4.78, 5) is 11.8. The minimum atomic E-state index is -0.747. The van der Waals surface area contributed by atoms with Gasteiger partial charge in [0.05, 0.1) is 6.61 Å². The van der Waals surface area contributed by atoms with Crippen LogP contribution in [-0.4, -0.2) is 12.6 Å². The van der Waals surface area contributed by atoms with E-state index in [1.165, 1.54) is 18.2 Å². The molecule has 0 saturated carbocycles. The molecule has 0 radical (unpaired) electrons. The van der Waals surface area contributed by atoms with Crippen LogP contribution in [0.4, 0.5) is 14.5 Å². The molecule has 0 fully saturated rings. The van der Waals surface area contributed by atoms with Gasteiger partial charge in [0.1, 0.15) is 17.1 Å². The minimum absolute atomic E-state index is 0.0344. The van der Waals surface area contributed by atoms with Gasteiger partial charge < -0.3 is 15.2 Å². The molecule has 2 aromatic rings. The van der Waals surface area contributed by atoms with Crippen LogP contribution in [0.25, 0.3) is 0 Å². The molecule has 0 aromatic heterocycles. The molecule has 0 saturated heterocycles. The van der Waals surface area contributed by atoms with Gasteiger partial charge in [-0.3, -0.25) is 0 Å². The monoisotopic (exact) mass is 293 g/mol. The average molecular weight is 293 g/mol. The van der Waals surface area contributed by atoms with Crippen molar-refractivity contribution >= 4 is 11.7 Å². The van der Waals surface area contributed by atoms with Crippen LogP contribution in [-0.2, 0) is 4.74 Å². The molecule has 0 aliphatic carbocycles. The zero-order chi connectivity index (χ0) is 15.4. The molecular formula is C15H13F2NO3. The molecule has 2 N–H and O–H groups in total. The molecule has 0 amide bonds. The molecule has 0 heterocycles.